The van der Waals surface area contributed by atoms with Crippen molar-refractivity contribution < 1.29 is 43.2 Å². The van der Waals surface area contributed by atoms with E-state index in [1.807, 2.05) is 39.8 Å². The predicted molar refractivity (Wildman–Crippen MR) is 155 cm³/mol. The molecule has 3 rings (SSSR count). The molecule has 1 N–H and O–H groups in total. The standard InChI is InChI=1S/C33H44O9/c1-19-14-15-32(7,8)28(40-23(5)35)17-27(39-22(4)34)20(2)16-26-29(42-31(37)25-12-10-9-11-13-25)21(3)18-33(26,38)30(19)41-24(6)36/h9-16,19,21,26-30,38H,17-18H2,1-8H3/t19-,21-,26-,27+,28+,29-,30+,33+/m0/s1. The van der Waals surface area contributed by atoms with E-state index in [1.54, 1.807) is 43.3 Å². The molecule has 0 unspecified atom stereocenters. The minimum Gasteiger partial charge on any atom is -0.461 e. The summed E-state index contributed by atoms with van der Waals surface area (Å²) in [5, 5.41) is 12.5. The third kappa shape index (κ3) is 7.68. The fourth-order valence-electron chi connectivity index (χ4n) is 6.17. The van der Waals surface area contributed by atoms with Crippen LogP contribution in [-0.4, -0.2) is 59.0 Å². The van der Waals surface area contributed by atoms with E-state index < -0.39 is 71.1 Å². The molecule has 0 heterocycles. The minimum atomic E-state index is -1.63. The van der Waals surface area contributed by atoms with Gasteiger partial charge in [0, 0.05) is 44.4 Å². The van der Waals surface area contributed by atoms with Gasteiger partial charge in [-0.1, -0.05) is 64.1 Å². The summed E-state index contributed by atoms with van der Waals surface area (Å²) < 4.78 is 23.3. The molecular formula is C33H44O9. The molecule has 0 aliphatic heterocycles. The molecule has 0 spiro atoms. The van der Waals surface area contributed by atoms with Gasteiger partial charge in [-0.25, -0.2) is 4.79 Å². The van der Waals surface area contributed by atoms with Crippen LogP contribution in [-0.2, 0) is 33.3 Å². The maximum Gasteiger partial charge on any atom is 0.338 e. The maximum atomic E-state index is 13.2. The van der Waals surface area contributed by atoms with Gasteiger partial charge >= 0.3 is 23.9 Å². The summed E-state index contributed by atoms with van der Waals surface area (Å²) in [5.41, 5.74) is -1.39. The van der Waals surface area contributed by atoms with Crippen LogP contribution >= 0.6 is 0 Å². The van der Waals surface area contributed by atoms with Crippen LogP contribution in [0.1, 0.15) is 78.6 Å². The molecule has 1 aromatic rings. The molecule has 2 aliphatic carbocycles. The molecule has 9 heteroatoms. The second-order valence-corrected chi connectivity index (χ2v) is 12.3. The first kappa shape index (κ1) is 33.0. The van der Waals surface area contributed by atoms with E-state index in [0.717, 1.165) is 0 Å². The Balaban J connectivity index is 2.20. The van der Waals surface area contributed by atoms with E-state index in [1.165, 1.54) is 20.8 Å². The minimum absolute atomic E-state index is 0.162. The number of fused-ring (bicyclic) bond motifs is 1. The monoisotopic (exact) mass is 584 g/mol. The molecule has 0 amide bonds. The second kappa shape index (κ2) is 13.2. The fraction of sp³-hybridized carbons (Fsp3) is 0.576. The normalized spacial score (nSPS) is 32.7. The maximum absolute atomic E-state index is 13.2. The van der Waals surface area contributed by atoms with Gasteiger partial charge < -0.3 is 24.1 Å². The van der Waals surface area contributed by atoms with Gasteiger partial charge in [0.15, 0.2) is 0 Å². The third-order valence-corrected chi connectivity index (χ3v) is 8.31. The SMILES string of the molecule is CC(=O)O[C@@H]1[C@@H](C)C=CC(C)(C)[C@H](OC(C)=O)C[C@@H](OC(C)=O)C(C)=C[C@H]2[C@@H](OC(=O)c3ccccc3)[C@@H](C)C[C@]12O. The van der Waals surface area contributed by atoms with Crippen molar-refractivity contribution in [3.63, 3.8) is 0 Å². The van der Waals surface area contributed by atoms with Gasteiger partial charge in [-0.15, -0.1) is 0 Å². The Bertz CT molecular complexity index is 1220. The van der Waals surface area contributed by atoms with Crippen LogP contribution in [0.25, 0.3) is 0 Å². The zero-order chi connectivity index (χ0) is 31.4. The molecule has 1 aromatic carbocycles. The Labute approximate surface area is 248 Å². The number of ether oxygens (including phenoxy) is 4. The number of rotatable bonds is 5. The van der Waals surface area contributed by atoms with Gasteiger partial charge in [-0.2, -0.15) is 0 Å². The van der Waals surface area contributed by atoms with Gasteiger partial charge in [-0.05, 0) is 37.0 Å². The van der Waals surface area contributed by atoms with Crippen LogP contribution in [0.2, 0.25) is 0 Å². The zero-order valence-corrected chi connectivity index (χ0v) is 25.8. The average molecular weight is 585 g/mol. The van der Waals surface area contributed by atoms with Crippen molar-refractivity contribution in [3.8, 4) is 0 Å². The van der Waals surface area contributed by atoms with Crippen molar-refractivity contribution in [2.45, 2.75) is 98.2 Å². The Morgan fingerprint density at radius 3 is 2.05 bits per heavy atom. The number of benzene rings is 1. The number of aliphatic hydroxyl groups is 1. The summed E-state index contributed by atoms with van der Waals surface area (Å²) >= 11 is 0. The Morgan fingerprint density at radius 1 is 0.881 bits per heavy atom. The molecular weight excluding hydrogens is 540 g/mol. The summed E-state index contributed by atoms with van der Waals surface area (Å²) in [6, 6.07) is 8.57. The quantitative estimate of drug-likeness (QED) is 0.290. The van der Waals surface area contributed by atoms with E-state index in [4.69, 9.17) is 18.9 Å². The zero-order valence-electron chi connectivity index (χ0n) is 25.8. The molecule has 230 valence electrons. The third-order valence-electron chi connectivity index (χ3n) is 8.31. The molecule has 1 saturated carbocycles. The van der Waals surface area contributed by atoms with E-state index in [0.29, 0.717) is 11.1 Å². The van der Waals surface area contributed by atoms with Gasteiger partial charge in [0.2, 0.25) is 0 Å². The van der Waals surface area contributed by atoms with Crippen molar-refractivity contribution in [2.24, 2.45) is 23.2 Å². The van der Waals surface area contributed by atoms with Crippen LogP contribution in [0.15, 0.2) is 54.1 Å². The van der Waals surface area contributed by atoms with Crippen LogP contribution in [0.3, 0.4) is 0 Å². The molecule has 0 bridgehead atoms. The topological polar surface area (TPSA) is 125 Å². The number of esters is 4. The Kier molecular flexibility index (Phi) is 10.4. The summed E-state index contributed by atoms with van der Waals surface area (Å²) in [6.07, 6.45) is 2.54. The summed E-state index contributed by atoms with van der Waals surface area (Å²) in [5.74, 6) is -3.71. The molecule has 9 nitrogen and oxygen atoms in total. The highest BCUT2D eigenvalue weighted by Gasteiger charge is 2.58. The van der Waals surface area contributed by atoms with E-state index in [9.17, 15) is 24.3 Å². The molecule has 0 aromatic heterocycles. The lowest BCUT2D eigenvalue weighted by atomic mass is 9.75. The van der Waals surface area contributed by atoms with Crippen LogP contribution in [0.5, 0.6) is 0 Å². The van der Waals surface area contributed by atoms with Crippen molar-refractivity contribution in [1.29, 1.82) is 0 Å². The van der Waals surface area contributed by atoms with Crippen molar-refractivity contribution in [2.75, 3.05) is 0 Å². The lowest BCUT2D eigenvalue weighted by molar-refractivity contribution is -0.173. The summed E-state index contributed by atoms with van der Waals surface area (Å²) in [7, 11) is 0. The molecule has 42 heavy (non-hydrogen) atoms. The van der Waals surface area contributed by atoms with Gasteiger partial charge in [0.05, 0.1) is 5.56 Å². The van der Waals surface area contributed by atoms with E-state index >= 15 is 0 Å². The van der Waals surface area contributed by atoms with Crippen molar-refractivity contribution in [1.82, 2.24) is 0 Å². The Hall–Kier alpha value is -3.46. The number of hydrogen-bond acceptors (Lipinski definition) is 9. The highest BCUT2D eigenvalue weighted by molar-refractivity contribution is 5.89. The number of carbonyl (C=O) groups excluding carboxylic acids is 4. The summed E-state index contributed by atoms with van der Waals surface area (Å²) in [4.78, 5) is 49.9. The first-order valence-corrected chi connectivity index (χ1v) is 14.4. The van der Waals surface area contributed by atoms with Crippen LogP contribution < -0.4 is 0 Å². The average Bonchev–Trinajstić information content (AvgIpc) is 3.13. The first-order chi connectivity index (χ1) is 19.5. The smallest absolute Gasteiger partial charge is 0.338 e. The van der Waals surface area contributed by atoms with Crippen LogP contribution in [0.4, 0.5) is 0 Å². The second-order valence-electron chi connectivity index (χ2n) is 12.3. The Morgan fingerprint density at radius 2 is 1.48 bits per heavy atom. The van der Waals surface area contributed by atoms with Gasteiger partial charge in [-0.3, -0.25) is 14.4 Å². The molecule has 0 radical (unpaired) electrons. The lowest BCUT2D eigenvalue weighted by Crippen LogP contribution is -2.52. The molecule has 0 saturated heterocycles. The van der Waals surface area contributed by atoms with E-state index in [2.05, 4.69) is 0 Å². The lowest BCUT2D eigenvalue weighted by Gasteiger charge is -2.41. The predicted octanol–water partition coefficient (Wildman–Crippen LogP) is 4.96. The van der Waals surface area contributed by atoms with E-state index in [-0.39, 0.29) is 18.8 Å². The van der Waals surface area contributed by atoms with Crippen LogP contribution in [0, 0.1) is 23.2 Å². The fourth-order valence-corrected chi connectivity index (χ4v) is 6.17. The molecule has 2 aliphatic rings. The molecule has 8 atom stereocenters. The van der Waals surface area contributed by atoms with Gasteiger partial charge in [0.25, 0.3) is 0 Å². The first-order valence-electron chi connectivity index (χ1n) is 14.4. The highest BCUT2D eigenvalue weighted by atomic mass is 16.6. The van der Waals surface area contributed by atoms with Crippen molar-refractivity contribution in [3.05, 3.63) is 59.7 Å². The van der Waals surface area contributed by atoms with Gasteiger partial charge in [0.1, 0.15) is 30.0 Å². The van der Waals surface area contributed by atoms with Crippen molar-refractivity contribution >= 4 is 23.9 Å². The summed E-state index contributed by atoms with van der Waals surface area (Å²) in [6.45, 7) is 13.2. The molecule has 1 fully saturated rings. The number of hydrogen-bond donors (Lipinski definition) is 1. The highest BCUT2D eigenvalue weighted by Crippen LogP contribution is 2.48. The number of carbonyl (C=O) groups is 4. The largest absolute Gasteiger partial charge is 0.461 e.